The van der Waals surface area contributed by atoms with E-state index in [4.69, 9.17) is 0 Å². The molecule has 2 N–H and O–H groups in total. The van der Waals surface area contributed by atoms with E-state index >= 15 is 0 Å². The minimum Gasteiger partial charge on any atom is -0.343 e. The molecule has 0 radical (unpaired) electrons. The molecule has 1 aromatic carbocycles. The lowest BCUT2D eigenvalue weighted by atomic mass is 10.1. The normalized spacial score (nSPS) is 15.8. The summed E-state index contributed by atoms with van der Waals surface area (Å²) in [4.78, 5) is 28.2. The second kappa shape index (κ2) is 9.88. The predicted octanol–water partition coefficient (Wildman–Crippen LogP) is 2.42. The van der Waals surface area contributed by atoms with E-state index < -0.39 is 38.7 Å². The van der Waals surface area contributed by atoms with Gasteiger partial charge in [-0.1, -0.05) is 25.5 Å². The van der Waals surface area contributed by atoms with Gasteiger partial charge in [-0.3, -0.25) is 9.59 Å². The minimum atomic E-state index is -4.23. The molecule has 2 heterocycles. The number of nitrogens with one attached hydrogen (secondary N) is 2. The van der Waals surface area contributed by atoms with Crippen molar-refractivity contribution in [3.05, 3.63) is 52.0 Å². The van der Waals surface area contributed by atoms with E-state index in [2.05, 4.69) is 10.0 Å². The number of sulfonamides is 1. The minimum absolute atomic E-state index is 0.184. The Morgan fingerprint density at radius 3 is 2.71 bits per heavy atom. The van der Waals surface area contributed by atoms with Gasteiger partial charge >= 0.3 is 0 Å². The second-order valence-corrected chi connectivity index (χ2v) is 10.2. The van der Waals surface area contributed by atoms with Crippen LogP contribution in [0.1, 0.15) is 37.1 Å². The van der Waals surface area contributed by atoms with Crippen LogP contribution in [0.3, 0.4) is 0 Å². The Hall–Kier alpha value is -2.30. The lowest BCUT2D eigenvalue weighted by Crippen LogP contribution is -2.54. The van der Waals surface area contributed by atoms with E-state index in [1.165, 1.54) is 23.9 Å². The zero-order valence-electron chi connectivity index (χ0n) is 17.4. The molecule has 0 saturated carbocycles. The third-order valence-electron chi connectivity index (χ3n) is 5.16. The summed E-state index contributed by atoms with van der Waals surface area (Å²) in [6.45, 7) is 4.35. The number of benzene rings is 1. The van der Waals surface area contributed by atoms with Gasteiger partial charge in [-0.2, -0.15) is 4.72 Å². The molecule has 1 aliphatic heterocycles. The number of amides is 2. The molecule has 0 aliphatic carbocycles. The van der Waals surface area contributed by atoms with Crippen LogP contribution < -0.4 is 10.0 Å². The van der Waals surface area contributed by atoms with Crippen molar-refractivity contribution in [2.45, 2.75) is 56.6 Å². The third-order valence-corrected chi connectivity index (χ3v) is 7.76. The van der Waals surface area contributed by atoms with Crippen molar-refractivity contribution in [3.8, 4) is 0 Å². The molecule has 31 heavy (non-hydrogen) atoms. The smallest absolute Gasteiger partial charge is 0.245 e. The van der Waals surface area contributed by atoms with Gasteiger partial charge in [0, 0.05) is 18.0 Å². The Bertz CT molecular complexity index is 1050. The van der Waals surface area contributed by atoms with Crippen LogP contribution >= 0.6 is 11.3 Å². The Labute approximate surface area is 185 Å². The van der Waals surface area contributed by atoms with Gasteiger partial charge in [-0.25, -0.2) is 12.8 Å². The first-order valence-electron chi connectivity index (χ1n) is 10.1. The summed E-state index contributed by atoms with van der Waals surface area (Å²) >= 11 is 1.68. The van der Waals surface area contributed by atoms with Gasteiger partial charge in [0.15, 0.2) is 0 Å². The monoisotopic (exact) mass is 467 g/mol. The fraction of sp³-hybridized carbons (Fsp3) is 0.429. The van der Waals surface area contributed by atoms with Crippen molar-refractivity contribution in [1.29, 1.82) is 0 Å². The van der Waals surface area contributed by atoms with E-state index in [-0.39, 0.29) is 5.91 Å². The number of thiophene rings is 1. The fourth-order valence-corrected chi connectivity index (χ4v) is 5.68. The Balaban J connectivity index is 1.66. The first-order chi connectivity index (χ1) is 14.7. The van der Waals surface area contributed by atoms with E-state index in [1.54, 1.807) is 16.2 Å². The Kier molecular flexibility index (Phi) is 7.45. The first-order valence-corrected chi connectivity index (χ1v) is 12.5. The molecule has 1 unspecified atom stereocenters. The highest BCUT2D eigenvalue weighted by atomic mass is 32.2. The summed E-state index contributed by atoms with van der Waals surface area (Å²) in [5, 5.41) is 4.68. The number of hydrogen-bond donors (Lipinski definition) is 2. The van der Waals surface area contributed by atoms with Crippen LogP contribution in [-0.4, -0.2) is 43.8 Å². The fourth-order valence-electron chi connectivity index (χ4n) is 3.51. The van der Waals surface area contributed by atoms with E-state index in [9.17, 15) is 22.4 Å². The standard InChI is InChI=1S/C21H26FN3O4S2/c1-3-6-17(21(27)25-11-9-18-15(13-25)10-12-30-18)23-20(26)14(2)24-31(28,29)19-8-5-4-7-16(19)22/h4-5,7-8,10,12,14,17,24H,3,6,9,11,13H2,1-2H3,(H,23,26)/t14-,17?/m0/s1. The van der Waals surface area contributed by atoms with Crippen molar-refractivity contribution in [1.82, 2.24) is 14.9 Å². The highest BCUT2D eigenvalue weighted by Gasteiger charge is 2.31. The van der Waals surface area contributed by atoms with Gasteiger partial charge in [-0.15, -0.1) is 11.3 Å². The van der Waals surface area contributed by atoms with Crippen LogP contribution in [0, 0.1) is 5.82 Å². The topological polar surface area (TPSA) is 95.6 Å². The molecule has 2 atom stereocenters. The summed E-state index contributed by atoms with van der Waals surface area (Å²) < 4.78 is 41.0. The average Bonchev–Trinajstić information content (AvgIpc) is 3.20. The molecule has 0 spiro atoms. The van der Waals surface area contributed by atoms with E-state index in [0.717, 1.165) is 24.1 Å². The van der Waals surface area contributed by atoms with Crippen molar-refractivity contribution in [3.63, 3.8) is 0 Å². The maximum atomic E-state index is 13.9. The molecule has 3 rings (SSSR count). The van der Waals surface area contributed by atoms with Crippen LogP contribution in [0.2, 0.25) is 0 Å². The first kappa shape index (κ1) is 23.4. The molecule has 168 valence electrons. The SMILES string of the molecule is CCCC(NC(=O)[C@H](C)NS(=O)(=O)c1ccccc1F)C(=O)N1CCc2sccc2C1. The number of fused-ring (bicyclic) bond motifs is 1. The van der Waals surface area contributed by atoms with Crippen LogP contribution in [0.15, 0.2) is 40.6 Å². The molecule has 0 bridgehead atoms. The third kappa shape index (κ3) is 5.50. The Morgan fingerprint density at radius 2 is 2.00 bits per heavy atom. The maximum Gasteiger partial charge on any atom is 0.245 e. The van der Waals surface area contributed by atoms with Gasteiger partial charge in [0.05, 0.1) is 6.04 Å². The van der Waals surface area contributed by atoms with Crippen LogP contribution in [-0.2, 0) is 32.6 Å². The van der Waals surface area contributed by atoms with Crippen LogP contribution in [0.4, 0.5) is 4.39 Å². The van der Waals surface area contributed by atoms with Crippen molar-refractivity contribution in [2.75, 3.05) is 6.54 Å². The van der Waals surface area contributed by atoms with Crippen molar-refractivity contribution < 1.29 is 22.4 Å². The molecular formula is C21H26FN3O4S2. The molecule has 0 fully saturated rings. The zero-order valence-corrected chi connectivity index (χ0v) is 19.1. The number of halogens is 1. The Morgan fingerprint density at radius 1 is 1.26 bits per heavy atom. The molecule has 0 saturated heterocycles. The quantitative estimate of drug-likeness (QED) is 0.623. The lowest BCUT2D eigenvalue weighted by molar-refractivity contribution is -0.137. The molecule has 1 aromatic heterocycles. The number of carbonyl (C=O) groups excluding carboxylic acids is 2. The number of nitrogens with zero attached hydrogens (tertiary/aromatic N) is 1. The second-order valence-electron chi connectivity index (χ2n) is 7.50. The lowest BCUT2D eigenvalue weighted by Gasteiger charge is -2.31. The zero-order chi connectivity index (χ0) is 22.6. The van der Waals surface area contributed by atoms with Gasteiger partial charge < -0.3 is 10.2 Å². The van der Waals surface area contributed by atoms with Gasteiger partial charge in [0.25, 0.3) is 0 Å². The molecule has 2 aromatic rings. The highest BCUT2D eigenvalue weighted by Crippen LogP contribution is 2.24. The van der Waals surface area contributed by atoms with Gasteiger partial charge in [0.1, 0.15) is 16.8 Å². The summed E-state index contributed by atoms with van der Waals surface area (Å²) in [6, 6.07) is 5.01. The molecule has 10 heteroatoms. The summed E-state index contributed by atoms with van der Waals surface area (Å²) in [6.07, 6.45) is 1.89. The number of rotatable bonds is 8. The molecule has 2 amide bonds. The van der Waals surface area contributed by atoms with Crippen molar-refractivity contribution >= 4 is 33.2 Å². The van der Waals surface area contributed by atoms with Gasteiger partial charge in [0.2, 0.25) is 21.8 Å². The average molecular weight is 468 g/mol. The molecule has 1 aliphatic rings. The van der Waals surface area contributed by atoms with Gasteiger partial charge in [-0.05, 0) is 48.9 Å². The summed E-state index contributed by atoms with van der Waals surface area (Å²) in [5.74, 6) is -1.73. The largest absolute Gasteiger partial charge is 0.343 e. The van der Waals surface area contributed by atoms with E-state index in [0.29, 0.717) is 25.9 Å². The van der Waals surface area contributed by atoms with Crippen LogP contribution in [0.25, 0.3) is 0 Å². The molecular weight excluding hydrogens is 441 g/mol. The molecule has 7 nitrogen and oxygen atoms in total. The number of carbonyl (C=O) groups is 2. The van der Waals surface area contributed by atoms with E-state index in [1.807, 2.05) is 18.4 Å². The maximum absolute atomic E-state index is 13.9. The van der Waals surface area contributed by atoms with Crippen molar-refractivity contribution in [2.24, 2.45) is 0 Å². The summed E-state index contributed by atoms with van der Waals surface area (Å²) in [5.41, 5.74) is 1.12. The van der Waals surface area contributed by atoms with Crippen LogP contribution in [0.5, 0.6) is 0 Å². The predicted molar refractivity (Wildman–Crippen MR) is 116 cm³/mol. The number of hydrogen-bond acceptors (Lipinski definition) is 5. The summed E-state index contributed by atoms with van der Waals surface area (Å²) in [7, 11) is -4.23. The highest BCUT2D eigenvalue weighted by molar-refractivity contribution is 7.89.